The fourth-order valence-corrected chi connectivity index (χ4v) is 3.08. The average molecular weight is 487 g/mol. The molecule has 0 aliphatic rings. The molecule has 1 N–H and O–H groups in total. The summed E-state index contributed by atoms with van der Waals surface area (Å²) in [5.74, 6) is 0.238. The maximum absolute atomic E-state index is 11.0. The molecule has 0 radical (unpaired) electrons. The number of carboxylic acids is 1. The van der Waals surface area contributed by atoms with E-state index in [1.807, 2.05) is 42.5 Å². The van der Waals surface area contributed by atoms with Gasteiger partial charge in [-0.05, 0) is 70.6 Å². The molecule has 0 aromatic heterocycles. The summed E-state index contributed by atoms with van der Waals surface area (Å²) in [5, 5.41) is 9.00. The smallest absolute Gasteiger partial charge is 0.335 e. The molecule has 0 unspecified atom stereocenters. The van der Waals surface area contributed by atoms with Gasteiger partial charge in [0.05, 0.1) is 18.4 Å². The minimum atomic E-state index is -0.953. The zero-order valence-electron chi connectivity index (χ0n) is 15.1. The number of aromatic carboxylic acids is 1. The SMILES string of the molecule is COc1cccc(C=Nc2cccc(I)c2)c1OCc1ccc(C(=O)O)cc1. The number of carboxylic acid groups (broad SMARTS) is 1. The van der Waals surface area contributed by atoms with E-state index < -0.39 is 5.97 Å². The number of aliphatic imine (C=N–C) groups is 1. The van der Waals surface area contributed by atoms with Crippen molar-refractivity contribution in [2.45, 2.75) is 6.61 Å². The minimum Gasteiger partial charge on any atom is -0.493 e. The van der Waals surface area contributed by atoms with Crippen molar-refractivity contribution in [1.29, 1.82) is 0 Å². The topological polar surface area (TPSA) is 68.1 Å². The number of rotatable bonds is 7. The summed E-state index contributed by atoms with van der Waals surface area (Å²) >= 11 is 2.25. The van der Waals surface area contributed by atoms with Crippen LogP contribution >= 0.6 is 22.6 Å². The molecular weight excluding hydrogens is 469 g/mol. The number of hydrogen-bond acceptors (Lipinski definition) is 4. The molecule has 0 fully saturated rings. The first kappa shape index (κ1) is 19.9. The van der Waals surface area contributed by atoms with Gasteiger partial charge in [0.1, 0.15) is 6.61 Å². The molecule has 0 heterocycles. The highest BCUT2D eigenvalue weighted by Crippen LogP contribution is 2.31. The second-order valence-electron chi connectivity index (χ2n) is 5.91. The molecule has 3 rings (SSSR count). The summed E-state index contributed by atoms with van der Waals surface area (Å²) in [4.78, 5) is 15.5. The Morgan fingerprint density at radius 3 is 2.54 bits per heavy atom. The molecule has 3 aromatic rings. The molecule has 0 amide bonds. The van der Waals surface area contributed by atoms with Gasteiger partial charge in [0.25, 0.3) is 0 Å². The lowest BCUT2D eigenvalue weighted by atomic mass is 10.1. The van der Waals surface area contributed by atoms with Crippen LogP contribution in [0.4, 0.5) is 5.69 Å². The van der Waals surface area contributed by atoms with Gasteiger partial charge in [-0.2, -0.15) is 0 Å². The fraction of sp³-hybridized carbons (Fsp3) is 0.0909. The van der Waals surface area contributed by atoms with E-state index in [1.54, 1.807) is 37.6 Å². The molecule has 3 aromatic carbocycles. The number of methoxy groups -OCH3 is 1. The first-order chi connectivity index (χ1) is 13.6. The van der Waals surface area contributed by atoms with E-state index in [0.717, 1.165) is 20.4 Å². The average Bonchev–Trinajstić information content (AvgIpc) is 2.71. The van der Waals surface area contributed by atoms with Crippen LogP contribution in [-0.2, 0) is 6.61 Å². The van der Waals surface area contributed by atoms with Crippen molar-refractivity contribution in [2.24, 2.45) is 4.99 Å². The Kier molecular flexibility index (Phi) is 6.65. The Morgan fingerprint density at radius 2 is 1.86 bits per heavy atom. The van der Waals surface area contributed by atoms with Crippen LogP contribution in [0.5, 0.6) is 11.5 Å². The van der Waals surface area contributed by atoms with Gasteiger partial charge in [-0.15, -0.1) is 0 Å². The Labute approximate surface area is 176 Å². The van der Waals surface area contributed by atoms with Crippen molar-refractivity contribution in [3.05, 3.63) is 87.0 Å². The summed E-state index contributed by atoms with van der Waals surface area (Å²) in [6, 6.07) is 20.1. The Balaban J connectivity index is 1.82. The number of carbonyl (C=O) groups is 1. The summed E-state index contributed by atoms with van der Waals surface area (Å²) in [7, 11) is 1.59. The second-order valence-corrected chi connectivity index (χ2v) is 7.15. The molecule has 0 atom stereocenters. The van der Waals surface area contributed by atoms with Crippen molar-refractivity contribution < 1.29 is 19.4 Å². The lowest BCUT2D eigenvalue weighted by Gasteiger charge is -2.13. The highest BCUT2D eigenvalue weighted by Gasteiger charge is 2.10. The predicted octanol–water partition coefficient (Wildman–Crippen LogP) is 5.33. The maximum Gasteiger partial charge on any atom is 0.335 e. The summed E-state index contributed by atoms with van der Waals surface area (Å²) in [6.45, 7) is 0.282. The lowest BCUT2D eigenvalue weighted by molar-refractivity contribution is 0.0697. The first-order valence-electron chi connectivity index (χ1n) is 8.48. The van der Waals surface area contributed by atoms with E-state index in [2.05, 4.69) is 27.6 Å². The largest absolute Gasteiger partial charge is 0.493 e. The highest BCUT2D eigenvalue weighted by atomic mass is 127. The standard InChI is InChI=1S/C22H18INO4/c1-27-20-7-2-4-17(13-24-19-6-3-5-18(23)12-19)21(20)28-14-15-8-10-16(11-9-15)22(25)26/h2-13H,14H2,1H3,(H,25,26). The van der Waals surface area contributed by atoms with Gasteiger partial charge in [-0.1, -0.05) is 24.3 Å². The lowest BCUT2D eigenvalue weighted by Crippen LogP contribution is -2.02. The molecule has 28 heavy (non-hydrogen) atoms. The van der Waals surface area contributed by atoms with E-state index in [-0.39, 0.29) is 12.2 Å². The zero-order valence-corrected chi connectivity index (χ0v) is 17.3. The number of hydrogen-bond donors (Lipinski definition) is 1. The predicted molar refractivity (Wildman–Crippen MR) is 117 cm³/mol. The molecule has 0 saturated heterocycles. The number of nitrogens with zero attached hydrogens (tertiary/aromatic N) is 1. The Bertz CT molecular complexity index is 1000. The third kappa shape index (κ3) is 5.10. The van der Waals surface area contributed by atoms with Crippen molar-refractivity contribution in [3.8, 4) is 11.5 Å². The van der Waals surface area contributed by atoms with Gasteiger partial charge in [0.2, 0.25) is 0 Å². The van der Waals surface area contributed by atoms with Crippen LogP contribution in [0.2, 0.25) is 0 Å². The van der Waals surface area contributed by atoms with Crippen molar-refractivity contribution >= 4 is 40.5 Å². The third-order valence-corrected chi connectivity index (χ3v) is 4.65. The highest BCUT2D eigenvalue weighted by molar-refractivity contribution is 14.1. The molecule has 0 aliphatic carbocycles. The number of para-hydroxylation sites is 1. The van der Waals surface area contributed by atoms with Crippen LogP contribution in [0.1, 0.15) is 21.5 Å². The first-order valence-corrected chi connectivity index (χ1v) is 9.56. The quantitative estimate of drug-likeness (QED) is 0.362. The molecule has 0 saturated carbocycles. The van der Waals surface area contributed by atoms with Crippen LogP contribution in [0.25, 0.3) is 0 Å². The van der Waals surface area contributed by atoms with Crippen molar-refractivity contribution in [2.75, 3.05) is 7.11 Å². The molecular formula is C22H18INO4. The van der Waals surface area contributed by atoms with Crippen molar-refractivity contribution in [3.63, 3.8) is 0 Å². The van der Waals surface area contributed by atoms with Gasteiger partial charge < -0.3 is 14.6 Å². The summed E-state index contributed by atoms with van der Waals surface area (Å²) in [6.07, 6.45) is 1.75. The van der Waals surface area contributed by atoms with Gasteiger partial charge in [0.15, 0.2) is 11.5 Å². The number of benzene rings is 3. The Hall–Kier alpha value is -2.87. The number of halogens is 1. The van der Waals surface area contributed by atoms with Crippen LogP contribution < -0.4 is 9.47 Å². The summed E-state index contributed by atoms with van der Waals surface area (Å²) in [5.41, 5.74) is 2.74. The fourth-order valence-electron chi connectivity index (χ4n) is 2.55. The van der Waals surface area contributed by atoms with Crippen LogP contribution in [-0.4, -0.2) is 24.4 Å². The molecule has 0 spiro atoms. The van der Waals surface area contributed by atoms with E-state index in [1.165, 1.54) is 0 Å². The zero-order chi connectivity index (χ0) is 19.9. The van der Waals surface area contributed by atoms with Crippen LogP contribution in [0.15, 0.2) is 71.7 Å². The molecule has 5 nitrogen and oxygen atoms in total. The van der Waals surface area contributed by atoms with Gasteiger partial charge in [-0.25, -0.2) is 4.79 Å². The molecule has 0 bridgehead atoms. The maximum atomic E-state index is 11.0. The third-order valence-electron chi connectivity index (χ3n) is 3.97. The minimum absolute atomic E-state index is 0.242. The molecule has 6 heteroatoms. The Morgan fingerprint density at radius 1 is 1.11 bits per heavy atom. The second kappa shape index (κ2) is 9.36. The van der Waals surface area contributed by atoms with E-state index >= 15 is 0 Å². The summed E-state index contributed by atoms with van der Waals surface area (Å²) < 4.78 is 12.5. The van der Waals surface area contributed by atoms with Crippen molar-refractivity contribution in [1.82, 2.24) is 0 Å². The van der Waals surface area contributed by atoms with E-state index in [4.69, 9.17) is 14.6 Å². The van der Waals surface area contributed by atoms with Gasteiger partial charge >= 0.3 is 5.97 Å². The van der Waals surface area contributed by atoms with E-state index in [9.17, 15) is 4.79 Å². The number of ether oxygens (including phenoxy) is 2. The van der Waals surface area contributed by atoms with E-state index in [0.29, 0.717) is 11.5 Å². The molecule has 142 valence electrons. The van der Waals surface area contributed by atoms with Crippen LogP contribution in [0.3, 0.4) is 0 Å². The molecule has 0 aliphatic heterocycles. The van der Waals surface area contributed by atoms with Crippen LogP contribution in [0, 0.1) is 3.57 Å². The van der Waals surface area contributed by atoms with Gasteiger partial charge in [0, 0.05) is 15.3 Å². The monoisotopic (exact) mass is 487 g/mol. The van der Waals surface area contributed by atoms with Gasteiger partial charge in [-0.3, -0.25) is 4.99 Å². The normalized spacial score (nSPS) is 10.8.